The Labute approximate surface area is 175 Å². The number of halogens is 3. The standard InChI is InChI=1S/C17H18F3N3O2.C4H11N/c1-11-9-13(5-7-21-11)16(24)23-12(2)14-3-4-15(22-10-14)25-8-6-17(18,19)20;1-4(2,3)5/h3-5,7,9-10,12H,6,8H2,1-2H3,(H,23,24);5H2,1-3H3/p+1. The second-order valence-corrected chi connectivity index (χ2v) is 8.09. The number of rotatable bonds is 6. The van der Waals surface area contributed by atoms with Crippen molar-refractivity contribution in [1.82, 2.24) is 15.3 Å². The fourth-order valence-electron chi connectivity index (χ4n) is 2.05. The highest BCUT2D eigenvalue weighted by molar-refractivity contribution is 5.94. The number of aromatic nitrogens is 2. The van der Waals surface area contributed by atoms with Crippen LogP contribution in [0.5, 0.6) is 5.88 Å². The van der Waals surface area contributed by atoms with E-state index in [0.717, 1.165) is 5.69 Å². The highest BCUT2D eigenvalue weighted by atomic mass is 19.4. The maximum absolute atomic E-state index is 12.2. The number of nitrogens with zero attached hydrogens (tertiary/aromatic N) is 2. The van der Waals surface area contributed by atoms with Crippen LogP contribution >= 0.6 is 0 Å². The molecule has 0 aliphatic rings. The molecule has 0 radical (unpaired) electrons. The third-order valence-electron chi connectivity index (χ3n) is 3.40. The molecule has 30 heavy (non-hydrogen) atoms. The first-order valence-electron chi connectivity index (χ1n) is 9.49. The van der Waals surface area contributed by atoms with Crippen molar-refractivity contribution in [3.63, 3.8) is 0 Å². The van der Waals surface area contributed by atoms with Crippen molar-refractivity contribution >= 4 is 5.91 Å². The van der Waals surface area contributed by atoms with Crippen molar-refractivity contribution in [1.29, 1.82) is 0 Å². The van der Waals surface area contributed by atoms with Crippen LogP contribution in [0.2, 0.25) is 0 Å². The number of aryl methyl sites for hydroxylation is 1. The Morgan fingerprint density at radius 3 is 2.33 bits per heavy atom. The molecule has 0 aliphatic carbocycles. The molecule has 1 atom stereocenters. The number of hydrogen-bond acceptors (Lipinski definition) is 4. The highest BCUT2D eigenvalue weighted by Crippen LogP contribution is 2.20. The van der Waals surface area contributed by atoms with Gasteiger partial charge >= 0.3 is 6.18 Å². The predicted octanol–water partition coefficient (Wildman–Crippen LogP) is 3.63. The first-order chi connectivity index (χ1) is 13.7. The number of hydrogen-bond donors (Lipinski definition) is 2. The number of quaternary nitrogens is 1. The molecule has 0 saturated heterocycles. The molecule has 9 heteroatoms. The van der Waals surface area contributed by atoms with E-state index in [-0.39, 0.29) is 23.4 Å². The molecular formula is C21H30F3N4O2+. The summed E-state index contributed by atoms with van der Waals surface area (Å²) in [5.41, 5.74) is 5.97. The minimum absolute atomic E-state index is 0.108. The predicted molar refractivity (Wildman–Crippen MR) is 108 cm³/mol. The lowest BCUT2D eigenvalue weighted by Crippen LogP contribution is -2.67. The van der Waals surface area contributed by atoms with Crippen LogP contribution in [0.1, 0.15) is 61.8 Å². The first kappa shape index (κ1) is 25.4. The normalized spacial score (nSPS) is 12.4. The summed E-state index contributed by atoms with van der Waals surface area (Å²) in [6.07, 6.45) is -2.27. The summed E-state index contributed by atoms with van der Waals surface area (Å²) < 4.78 is 41.2. The number of amides is 1. The van der Waals surface area contributed by atoms with E-state index in [1.165, 1.54) is 12.3 Å². The van der Waals surface area contributed by atoms with Gasteiger partial charge in [0.05, 0.1) is 24.6 Å². The molecule has 1 unspecified atom stereocenters. The molecular weight excluding hydrogens is 397 g/mol. The number of ether oxygens (including phenoxy) is 1. The van der Waals surface area contributed by atoms with Gasteiger partial charge in [-0.25, -0.2) is 4.98 Å². The Hall–Kier alpha value is -2.68. The van der Waals surface area contributed by atoms with Crippen molar-refractivity contribution in [2.24, 2.45) is 0 Å². The van der Waals surface area contributed by atoms with Gasteiger partial charge in [-0.15, -0.1) is 0 Å². The second kappa shape index (κ2) is 10.9. The molecule has 2 aromatic rings. The van der Waals surface area contributed by atoms with Gasteiger partial charge in [0.25, 0.3) is 5.91 Å². The topological polar surface area (TPSA) is 91.8 Å². The monoisotopic (exact) mass is 427 g/mol. The third-order valence-corrected chi connectivity index (χ3v) is 3.40. The van der Waals surface area contributed by atoms with E-state index in [2.05, 4.69) is 41.8 Å². The van der Waals surface area contributed by atoms with Crippen molar-refractivity contribution in [2.75, 3.05) is 6.61 Å². The van der Waals surface area contributed by atoms with E-state index in [1.807, 2.05) is 0 Å². The summed E-state index contributed by atoms with van der Waals surface area (Å²) in [4.78, 5) is 20.2. The number of nitrogens with one attached hydrogen (secondary N) is 1. The molecule has 0 fully saturated rings. The molecule has 0 aromatic carbocycles. The fraction of sp³-hybridized carbons (Fsp3) is 0.476. The molecule has 2 heterocycles. The average Bonchev–Trinajstić information content (AvgIpc) is 2.59. The van der Waals surface area contributed by atoms with Crippen LogP contribution in [0, 0.1) is 6.92 Å². The van der Waals surface area contributed by atoms with Gasteiger partial charge < -0.3 is 15.8 Å². The molecule has 0 aliphatic heterocycles. The number of pyridine rings is 2. The van der Waals surface area contributed by atoms with Crippen molar-refractivity contribution < 1.29 is 28.4 Å². The Bertz CT molecular complexity index is 797. The first-order valence-corrected chi connectivity index (χ1v) is 9.49. The molecule has 166 valence electrons. The van der Waals surface area contributed by atoms with Gasteiger partial charge in [0.2, 0.25) is 5.88 Å². The summed E-state index contributed by atoms with van der Waals surface area (Å²) >= 11 is 0. The summed E-state index contributed by atoms with van der Waals surface area (Å²) in [6.45, 7) is 9.32. The lowest BCUT2D eigenvalue weighted by molar-refractivity contribution is -0.458. The molecule has 1 amide bonds. The summed E-state index contributed by atoms with van der Waals surface area (Å²) in [5, 5.41) is 2.83. The lowest BCUT2D eigenvalue weighted by atomic mass is 10.1. The van der Waals surface area contributed by atoms with E-state index >= 15 is 0 Å². The maximum Gasteiger partial charge on any atom is 0.392 e. The highest BCUT2D eigenvalue weighted by Gasteiger charge is 2.26. The zero-order valence-electron chi connectivity index (χ0n) is 18.0. The van der Waals surface area contributed by atoms with Crippen LogP contribution in [0.15, 0.2) is 36.7 Å². The average molecular weight is 427 g/mol. The molecule has 0 saturated carbocycles. The SMILES string of the molecule is CC(C)(C)[NH3+].Cc1cc(C(=O)NC(C)c2ccc(OCCC(F)(F)F)nc2)ccn1. The minimum Gasteiger partial charge on any atom is -0.477 e. The van der Waals surface area contributed by atoms with E-state index < -0.39 is 19.2 Å². The van der Waals surface area contributed by atoms with E-state index in [0.29, 0.717) is 11.1 Å². The van der Waals surface area contributed by atoms with Crippen LogP contribution in [-0.2, 0) is 0 Å². The molecule has 2 rings (SSSR count). The largest absolute Gasteiger partial charge is 0.477 e. The molecule has 0 spiro atoms. The van der Waals surface area contributed by atoms with Gasteiger partial charge in [-0.05, 0) is 52.3 Å². The molecule has 6 nitrogen and oxygen atoms in total. The van der Waals surface area contributed by atoms with Crippen LogP contribution in [0.3, 0.4) is 0 Å². The summed E-state index contributed by atoms with van der Waals surface area (Å²) in [6, 6.07) is 6.10. The lowest BCUT2D eigenvalue weighted by Gasteiger charge is -2.15. The van der Waals surface area contributed by atoms with E-state index in [1.54, 1.807) is 38.2 Å². The summed E-state index contributed by atoms with van der Waals surface area (Å²) in [5.74, 6) is -0.139. The van der Waals surface area contributed by atoms with E-state index in [9.17, 15) is 18.0 Å². The Kier molecular flexibility index (Phi) is 9.22. The maximum atomic E-state index is 12.2. The van der Waals surface area contributed by atoms with Crippen molar-refractivity contribution in [3.05, 3.63) is 53.5 Å². The Balaban J connectivity index is 0.000000804. The number of carbonyl (C=O) groups is 1. The van der Waals surface area contributed by atoms with Crippen molar-refractivity contribution in [3.8, 4) is 5.88 Å². The minimum atomic E-state index is -4.26. The van der Waals surface area contributed by atoms with Crippen LogP contribution in [-0.4, -0.2) is 34.2 Å². The van der Waals surface area contributed by atoms with Crippen LogP contribution in [0.25, 0.3) is 0 Å². The summed E-state index contributed by atoms with van der Waals surface area (Å²) in [7, 11) is 0. The van der Waals surface area contributed by atoms with E-state index in [4.69, 9.17) is 4.74 Å². The molecule has 4 N–H and O–H groups in total. The Morgan fingerprint density at radius 1 is 1.20 bits per heavy atom. The zero-order chi connectivity index (χ0) is 22.9. The quantitative estimate of drug-likeness (QED) is 0.736. The third kappa shape index (κ3) is 11.4. The van der Waals surface area contributed by atoms with Crippen LogP contribution in [0.4, 0.5) is 13.2 Å². The van der Waals surface area contributed by atoms with Crippen molar-refractivity contribution in [2.45, 2.75) is 58.8 Å². The van der Waals surface area contributed by atoms with Gasteiger partial charge in [0.1, 0.15) is 0 Å². The number of carbonyl (C=O) groups excluding carboxylic acids is 1. The van der Waals surface area contributed by atoms with Crippen LogP contribution < -0.4 is 15.8 Å². The van der Waals surface area contributed by atoms with Gasteiger partial charge in [-0.3, -0.25) is 9.78 Å². The Morgan fingerprint density at radius 2 is 1.83 bits per heavy atom. The smallest absolute Gasteiger partial charge is 0.392 e. The van der Waals surface area contributed by atoms with Gasteiger partial charge in [0.15, 0.2) is 0 Å². The molecule has 0 bridgehead atoms. The van der Waals surface area contributed by atoms with Gasteiger partial charge in [-0.1, -0.05) is 6.07 Å². The van der Waals surface area contributed by atoms with Gasteiger partial charge in [-0.2, -0.15) is 13.2 Å². The molecule has 2 aromatic heterocycles. The zero-order valence-corrected chi connectivity index (χ0v) is 18.0. The second-order valence-electron chi connectivity index (χ2n) is 8.09. The number of alkyl halides is 3. The fourth-order valence-corrected chi connectivity index (χ4v) is 2.05. The van der Waals surface area contributed by atoms with Gasteiger partial charge in [0, 0.05) is 29.7 Å².